The Bertz CT molecular complexity index is 599. The van der Waals surface area contributed by atoms with Gasteiger partial charge in [0, 0.05) is 5.69 Å². The number of ether oxygens (including phenoxy) is 2. The Morgan fingerprint density at radius 1 is 1.05 bits per heavy atom. The van der Waals surface area contributed by atoms with Gasteiger partial charge in [0.15, 0.2) is 0 Å². The highest BCUT2D eigenvalue weighted by atomic mass is 35.5. The van der Waals surface area contributed by atoms with Crippen LogP contribution in [0.3, 0.4) is 0 Å². The fourth-order valence-electron chi connectivity index (χ4n) is 1.42. The van der Waals surface area contributed by atoms with Crippen LogP contribution in [0.4, 0.5) is 10.5 Å². The summed E-state index contributed by atoms with van der Waals surface area (Å²) in [5.41, 5.74) is 11.0. The summed E-state index contributed by atoms with van der Waals surface area (Å²) >= 11 is 5.99. The summed E-state index contributed by atoms with van der Waals surface area (Å²) in [6.45, 7) is 0. The third-order valence-corrected chi connectivity index (χ3v) is 2.52. The predicted octanol–water partition coefficient (Wildman–Crippen LogP) is 3.17. The largest absolute Gasteiger partial charge is 0.456 e. The molecule has 0 atom stereocenters. The van der Waals surface area contributed by atoms with Crippen molar-refractivity contribution in [3.8, 4) is 17.2 Å². The van der Waals surface area contributed by atoms with Gasteiger partial charge in [0.05, 0.1) is 5.02 Å². The number of rotatable bonds is 3. The first-order chi connectivity index (χ1) is 9.04. The van der Waals surface area contributed by atoms with Gasteiger partial charge in [-0.2, -0.15) is 0 Å². The molecule has 2 aromatic rings. The minimum absolute atomic E-state index is 0.336. The van der Waals surface area contributed by atoms with Crippen LogP contribution in [0.15, 0.2) is 42.5 Å². The molecule has 0 spiro atoms. The van der Waals surface area contributed by atoms with E-state index in [2.05, 4.69) is 0 Å². The molecular formula is C13H11ClN2O3. The molecule has 0 saturated carbocycles. The molecule has 0 aromatic heterocycles. The lowest BCUT2D eigenvalue weighted by Crippen LogP contribution is -2.16. The zero-order chi connectivity index (χ0) is 13.8. The molecule has 2 aromatic carbocycles. The highest BCUT2D eigenvalue weighted by molar-refractivity contribution is 6.32. The number of amides is 1. The second-order valence-electron chi connectivity index (χ2n) is 3.68. The third kappa shape index (κ3) is 3.53. The van der Waals surface area contributed by atoms with Crippen LogP contribution in [-0.2, 0) is 0 Å². The van der Waals surface area contributed by atoms with E-state index in [1.807, 2.05) is 0 Å². The van der Waals surface area contributed by atoms with Gasteiger partial charge in [-0.05, 0) is 42.5 Å². The molecule has 0 aliphatic carbocycles. The second-order valence-corrected chi connectivity index (χ2v) is 4.09. The smallest absolute Gasteiger partial charge is 0.409 e. The van der Waals surface area contributed by atoms with Crippen LogP contribution in [0, 0.1) is 0 Å². The number of halogens is 1. The van der Waals surface area contributed by atoms with Crippen LogP contribution >= 0.6 is 11.6 Å². The zero-order valence-corrected chi connectivity index (χ0v) is 10.6. The summed E-state index contributed by atoms with van der Waals surface area (Å²) < 4.78 is 10.3. The molecule has 0 unspecified atom stereocenters. The molecule has 98 valence electrons. The molecule has 0 radical (unpaired) electrons. The number of primary amides is 1. The number of carbonyl (C=O) groups excluding carboxylic acids is 1. The van der Waals surface area contributed by atoms with Gasteiger partial charge in [-0.3, -0.25) is 0 Å². The van der Waals surface area contributed by atoms with E-state index in [1.54, 1.807) is 42.5 Å². The van der Waals surface area contributed by atoms with Crippen molar-refractivity contribution in [2.75, 3.05) is 5.73 Å². The van der Waals surface area contributed by atoms with Gasteiger partial charge >= 0.3 is 6.09 Å². The molecule has 0 aliphatic heterocycles. The van der Waals surface area contributed by atoms with Crippen LogP contribution in [0.25, 0.3) is 0 Å². The van der Waals surface area contributed by atoms with Gasteiger partial charge in [0.25, 0.3) is 0 Å². The maximum atomic E-state index is 10.6. The summed E-state index contributed by atoms with van der Waals surface area (Å²) in [6, 6.07) is 11.3. The molecule has 0 heterocycles. The van der Waals surface area contributed by atoms with Crippen molar-refractivity contribution in [3.63, 3.8) is 0 Å². The van der Waals surface area contributed by atoms with Crippen molar-refractivity contribution in [2.45, 2.75) is 0 Å². The first kappa shape index (κ1) is 13.0. The van der Waals surface area contributed by atoms with Gasteiger partial charge < -0.3 is 20.9 Å². The van der Waals surface area contributed by atoms with Crippen LogP contribution in [0.1, 0.15) is 0 Å². The number of hydrogen-bond acceptors (Lipinski definition) is 4. The zero-order valence-electron chi connectivity index (χ0n) is 9.80. The summed E-state index contributed by atoms with van der Waals surface area (Å²) in [5, 5.41) is 0.414. The number of anilines is 1. The van der Waals surface area contributed by atoms with E-state index in [4.69, 9.17) is 32.5 Å². The van der Waals surface area contributed by atoms with Crippen molar-refractivity contribution in [1.82, 2.24) is 0 Å². The topological polar surface area (TPSA) is 87.6 Å². The number of nitrogens with two attached hydrogens (primary N) is 2. The molecule has 6 heteroatoms. The number of hydrogen-bond donors (Lipinski definition) is 2. The van der Waals surface area contributed by atoms with E-state index in [0.29, 0.717) is 28.0 Å². The van der Waals surface area contributed by atoms with Gasteiger partial charge in [0.1, 0.15) is 17.2 Å². The number of nitrogen functional groups attached to an aromatic ring is 1. The standard InChI is InChI=1S/C13H11ClN2O3/c14-11-7-8(15)1-6-12(11)18-9-2-4-10(5-3-9)19-13(16)17/h1-7H,15H2,(H2,16,17). The first-order valence-electron chi connectivity index (χ1n) is 5.35. The number of benzene rings is 2. The first-order valence-corrected chi connectivity index (χ1v) is 5.72. The van der Waals surface area contributed by atoms with Crippen molar-refractivity contribution < 1.29 is 14.3 Å². The van der Waals surface area contributed by atoms with E-state index in [-0.39, 0.29) is 0 Å². The van der Waals surface area contributed by atoms with Crippen molar-refractivity contribution in [2.24, 2.45) is 5.73 Å². The SMILES string of the molecule is NC(=O)Oc1ccc(Oc2ccc(N)cc2Cl)cc1. The lowest BCUT2D eigenvalue weighted by atomic mass is 10.3. The summed E-state index contributed by atoms with van der Waals surface area (Å²) in [5.74, 6) is 1.37. The van der Waals surface area contributed by atoms with Crippen molar-refractivity contribution >= 4 is 23.4 Å². The molecule has 0 aliphatic rings. The van der Waals surface area contributed by atoms with Gasteiger partial charge in [-0.15, -0.1) is 0 Å². The van der Waals surface area contributed by atoms with Crippen molar-refractivity contribution in [1.29, 1.82) is 0 Å². The van der Waals surface area contributed by atoms with Crippen LogP contribution in [0.2, 0.25) is 5.02 Å². The number of carbonyl (C=O) groups is 1. The Hall–Kier alpha value is -2.40. The summed E-state index contributed by atoms with van der Waals surface area (Å²) in [4.78, 5) is 10.6. The van der Waals surface area contributed by atoms with E-state index < -0.39 is 6.09 Å². The van der Waals surface area contributed by atoms with E-state index in [9.17, 15) is 4.79 Å². The van der Waals surface area contributed by atoms with Crippen LogP contribution in [-0.4, -0.2) is 6.09 Å². The van der Waals surface area contributed by atoms with Crippen LogP contribution < -0.4 is 20.9 Å². The fraction of sp³-hybridized carbons (Fsp3) is 0. The summed E-state index contributed by atoms with van der Waals surface area (Å²) in [6.07, 6.45) is -0.866. The fourth-order valence-corrected chi connectivity index (χ4v) is 1.65. The molecule has 4 N–H and O–H groups in total. The maximum absolute atomic E-state index is 10.6. The average Bonchev–Trinajstić information content (AvgIpc) is 2.34. The minimum atomic E-state index is -0.866. The van der Waals surface area contributed by atoms with E-state index >= 15 is 0 Å². The molecule has 19 heavy (non-hydrogen) atoms. The van der Waals surface area contributed by atoms with Gasteiger partial charge in [-0.1, -0.05) is 11.6 Å². The molecule has 0 bridgehead atoms. The van der Waals surface area contributed by atoms with Crippen molar-refractivity contribution in [3.05, 3.63) is 47.5 Å². The average molecular weight is 279 g/mol. The Labute approximate surface area is 114 Å². The maximum Gasteiger partial charge on any atom is 0.409 e. The Morgan fingerprint density at radius 3 is 2.26 bits per heavy atom. The van der Waals surface area contributed by atoms with E-state index in [1.165, 1.54) is 0 Å². The lowest BCUT2D eigenvalue weighted by Gasteiger charge is -2.08. The third-order valence-electron chi connectivity index (χ3n) is 2.23. The lowest BCUT2D eigenvalue weighted by molar-refractivity contribution is 0.211. The normalized spacial score (nSPS) is 9.95. The van der Waals surface area contributed by atoms with Crippen LogP contribution in [0.5, 0.6) is 17.2 Å². The molecular weight excluding hydrogens is 268 g/mol. The monoisotopic (exact) mass is 278 g/mol. The summed E-state index contributed by atoms with van der Waals surface area (Å²) in [7, 11) is 0. The molecule has 2 rings (SSSR count). The van der Waals surface area contributed by atoms with E-state index in [0.717, 1.165) is 0 Å². The minimum Gasteiger partial charge on any atom is -0.456 e. The highest BCUT2D eigenvalue weighted by Crippen LogP contribution is 2.31. The Kier molecular flexibility index (Phi) is 3.77. The molecule has 0 saturated heterocycles. The van der Waals surface area contributed by atoms with Gasteiger partial charge in [0.2, 0.25) is 0 Å². The second kappa shape index (κ2) is 5.49. The highest BCUT2D eigenvalue weighted by Gasteiger charge is 2.04. The molecule has 1 amide bonds. The Morgan fingerprint density at radius 2 is 1.68 bits per heavy atom. The quantitative estimate of drug-likeness (QED) is 0.844. The predicted molar refractivity (Wildman–Crippen MR) is 72.6 cm³/mol. The molecule has 5 nitrogen and oxygen atoms in total. The van der Waals surface area contributed by atoms with Gasteiger partial charge in [-0.25, -0.2) is 4.79 Å². The Balaban J connectivity index is 2.13. The molecule has 0 fully saturated rings.